The van der Waals surface area contributed by atoms with Gasteiger partial charge in [-0.2, -0.15) is 0 Å². The number of benzene rings is 1. The predicted octanol–water partition coefficient (Wildman–Crippen LogP) is 8.25. The highest BCUT2D eigenvalue weighted by atomic mass is 32.2. The number of nitrogens with one attached hydrogen (secondary N) is 3. The first-order valence-corrected chi connectivity index (χ1v) is 13.6. The van der Waals surface area contributed by atoms with Crippen LogP contribution in [-0.2, 0) is 0 Å². The second-order valence-electron chi connectivity index (χ2n) is 8.73. The maximum absolute atomic E-state index is 4.47. The van der Waals surface area contributed by atoms with E-state index >= 15 is 0 Å². The highest BCUT2D eigenvalue weighted by molar-refractivity contribution is 8.02. The maximum atomic E-state index is 4.47. The summed E-state index contributed by atoms with van der Waals surface area (Å²) in [5.74, 6) is 2.07. The van der Waals surface area contributed by atoms with E-state index in [1.165, 1.54) is 11.1 Å². The van der Waals surface area contributed by atoms with Crippen LogP contribution in [-0.4, -0.2) is 22.3 Å². The molecular weight excluding hydrogens is 448 g/mol. The van der Waals surface area contributed by atoms with E-state index in [0.29, 0.717) is 5.92 Å². The molecule has 3 rings (SSSR count). The minimum Gasteiger partial charge on any atom is -0.388 e. The largest absolute Gasteiger partial charge is 0.388 e. The average Bonchev–Trinajstić information content (AvgIpc) is 3.34. The number of aryl methyl sites for hydroxylation is 1. The third-order valence-electron chi connectivity index (χ3n) is 5.68. The van der Waals surface area contributed by atoms with Crippen LogP contribution in [0.1, 0.15) is 62.6 Å². The molecule has 0 aliphatic heterocycles. The normalized spacial score (nSPS) is 14.3. The van der Waals surface area contributed by atoms with Gasteiger partial charge < -0.3 is 15.6 Å². The molecule has 188 valence electrons. The first kappa shape index (κ1) is 28.3. The Balaban J connectivity index is 0.000000527. The second kappa shape index (κ2) is 16.7. The number of unbranched alkanes of at least 4 members (excludes halogenated alkanes) is 2. The highest BCUT2D eigenvalue weighted by Crippen LogP contribution is 2.27. The van der Waals surface area contributed by atoms with Gasteiger partial charge in [0.25, 0.3) is 0 Å². The third kappa shape index (κ3) is 11.9. The van der Waals surface area contributed by atoms with Crippen molar-refractivity contribution in [1.82, 2.24) is 15.3 Å². The standard InChI is InChI=1S/C23H34N4S.C7H8/c1-5-20-12-10-13-21(15-20)22-16-25-23(27-22)26-18(3)11-8-7-9-14-24-19(4)17-28-6-2;1-7-5-3-2-4-6-7/h6,10,12,15-16,21,24H,2-5,7-9,11,13-14,17H2,1H3,(H2,25,26,27);2-6H,1H3. The summed E-state index contributed by atoms with van der Waals surface area (Å²) in [7, 11) is 0. The molecule has 0 bridgehead atoms. The van der Waals surface area contributed by atoms with Crippen molar-refractivity contribution in [3.63, 3.8) is 0 Å². The van der Waals surface area contributed by atoms with Crippen LogP contribution in [0.5, 0.6) is 0 Å². The number of H-pyrrole nitrogens is 1. The van der Waals surface area contributed by atoms with E-state index in [-0.39, 0.29) is 0 Å². The number of hydrogen-bond acceptors (Lipinski definition) is 4. The number of thioether (sulfide) groups is 1. The van der Waals surface area contributed by atoms with Crippen LogP contribution in [0.3, 0.4) is 0 Å². The molecule has 0 amide bonds. The predicted molar refractivity (Wildman–Crippen MR) is 156 cm³/mol. The fraction of sp³-hybridized carbons (Fsp3) is 0.367. The van der Waals surface area contributed by atoms with Crippen LogP contribution in [0.2, 0.25) is 0 Å². The van der Waals surface area contributed by atoms with Gasteiger partial charge in [0, 0.05) is 35.3 Å². The Morgan fingerprint density at radius 2 is 1.97 bits per heavy atom. The van der Waals surface area contributed by atoms with Crippen molar-refractivity contribution in [3.8, 4) is 0 Å². The van der Waals surface area contributed by atoms with Crippen molar-refractivity contribution in [2.45, 2.75) is 58.3 Å². The van der Waals surface area contributed by atoms with E-state index in [9.17, 15) is 0 Å². The summed E-state index contributed by atoms with van der Waals surface area (Å²) in [5.41, 5.74) is 5.95. The molecule has 0 fully saturated rings. The Kier molecular flexibility index (Phi) is 13.5. The molecule has 5 heteroatoms. The molecule has 1 unspecified atom stereocenters. The van der Waals surface area contributed by atoms with Crippen molar-refractivity contribution in [2.75, 3.05) is 17.6 Å². The molecule has 0 spiro atoms. The zero-order valence-electron chi connectivity index (χ0n) is 21.5. The van der Waals surface area contributed by atoms with Crippen molar-refractivity contribution >= 4 is 17.7 Å². The van der Waals surface area contributed by atoms with E-state index in [0.717, 1.165) is 73.9 Å². The van der Waals surface area contributed by atoms with Gasteiger partial charge in [0.1, 0.15) is 0 Å². The molecule has 1 atom stereocenters. The highest BCUT2D eigenvalue weighted by Gasteiger charge is 2.14. The van der Waals surface area contributed by atoms with Gasteiger partial charge in [-0.1, -0.05) is 92.8 Å². The fourth-order valence-corrected chi connectivity index (χ4v) is 4.09. The van der Waals surface area contributed by atoms with Crippen LogP contribution in [0.4, 0.5) is 5.95 Å². The first-order chi connectivity index (χ1) is 17.0. The maximum Gasteiger partial charge on any atom is 0.204 e. The van der Waals surface area contributed by atoms with Crippen LogP contribution < -0.4 is 10.6 Å². The molecule has 3 N–H and O–H groups in total. The lowest BCUT2D eigenvalue weighted by atomic mass is 9.93. The Morgan fingerprint density at radius 3 is 2.66 bits per heavy atom. The van der Waals surface area contributed by atoms with E-state index in [1.807, 2.05) is 29.8 Å². The number of anilines is 1. The minimum atomic E-state index is 0.392. The molecule has 1 aromatic heterocycles. The smallest absolute Gasteiger partial charge is 0.204 e. The monoisotopic (exact) mass is 490 g/mol. The summed E-state index contributed by atoms with van der Waals surface area (Å²) in [6.07, 6.45) is 15.2. The number of hydrogen-bond donors (Lipinski definition) is 3. The lowest BCUT2D eigenvalue weighted by molar-refractivity contribution is 0.644. The number of aromatic amines is 1. The quantitative estimate of drug-likeness (QED) is 0.233. The second-order valence-corrected chi connectivity index (χ2v) is 9.68. The molecule has 1 aromatic carbocycles. The SMILES string of the molecule is C=CSCC(=C)NCCCCCC(=C)Nc1ncc(C2C=C(CC)C=CC2)[nH]1.Cc1ccccc1. The van der Waals surface area contributed by atoms with Crippen molar-refractivity contribution in [2.24, 2.45) is 0 Å². The molecule has 4 nitrogen and oxygen atoms in total. The molecule has 0 saturated carbocycles. The fourth-order valence-electron chi connectivity index (χ4n) is 3.67. The Morgan fingerprint density at radius 1 is 1.17 bits per heavy atom. The Labute approximate surface area is 216 Å². The van der Waals surface area contributed by atoms with Gasteiger partial charge in [0.2, 0.25) is 5.95 Å². The van der Waals surface area contributed by atoms with E-state index in [2.05, 4.69) is 84.5 Å². The van der Waals surface area contributed by atoms with Gasteiger partial charge >= 0.3 is 0 Å². The summed E-state index contributed by atoms with van der Waals surface area (Å²) in [6.45, 7) is 17.1. The summed E-state index contributed by atoms with van der Waals surface area (Å²) in [4.78, 5) is 7.88. The van der Waals surface area contributed by atoms with Gasteiger partial charge in [0.15, 0.2) is 0 Å². The number of nitrogens with zero attached hydrogens (tertiary/aromatic N) is 1. The Hall–Kier alpha value is -2.92. The van der Waals surface area contributed by atoms with Crippen LogP contribution >= 0.6 is 11.8 Å². The summed E-state index contributed by atoms with van der Waals surface area (Å²) in [5, 5.41) is 8.52. The number of aromatic nitrogens is 2. The van der Waals surface area contributed by atoms with Crippen LogP contribution in [0, 0.1) is 6.92 Å². The average molecular weight is 491 g/mol. The van der Waals surface area contributed by atoms with Crippen molar-refractivity contribution in [3.05, 3.63) is 108 Å². The zero-order valence-corrected chi connectivity index (χ0v) is 22.3. The molecule has 1 aliphatic carbocycles. The molecule has 2 aromatic rings. The topological polar surface area (TPSA) is 52.7 Å². The summed E-state index contributed by atoms with van der Waals surface area (Å²) in [6, 6.07) is 10.3. The zero-order chi connectivity index (χ0) is 25.3. The van der Waals surface area contributed by atoms with Crippen molar-refractivity contribution < 1.29 is 0 Å². The minimum absolute atomic E-state index is 0.392. The lowest BCUT2D eigenvalue weighted by Gasteiger charge is -2.14. The van der Waals surface area contributed by atoms with Crippen LogP contribution in [0.25, 0.3) is 0 Å². The van der Waals surface area contributed by atoms with Gasteiger partial charge in [0.05, 0.1) is 6.20 Å². The van der Waals surface area contributed by atoms with Crippen LogP contribution in [0.15, 0.2) is 96.9 Å². The third-order valence-corrected chi connectivity index (χ3v) is 6.43. The van der Waals surface area contributed by atoms with E-state index in [4.69, 9.17) is 0 Å². The van der Waals surface area contributed by atoms with E-state index in [1.54, 1.807) is 11.8 Å². The van der Waals surface area contributed by atoms with Gasteiger partial charge in [-0.05, 0) is 44.4 Å². The van der Waals surface area contributed by atoms with Gasteiger partial charge in [-0.15, -0.1) is 11.8 Å². The molecule has 1 heterocycles. The van der Waals surface area contributed by atoms with Crippen molar-refractivity contribution in [1.29, 1.82) is 0 Å². The van der Waals surface area contributed by atoms with E-state index < -0.39 is 0 Å². The molecule has 1 aliphatic rings. The Bertz CT molecular complexity index is 971. The molecule has 0 saturated heterocycles. The number of rotatable bonds is 14. The molecule has 0 radical (unpaired) electrons. The lowest BCUT2D eigenvalue weighted by Crippen LogP contribution is -2.15. The van der Waals surface area contributed by atoms with Gasteiger partial charge in [-0.3, -0.25) is 0 Å². The molecule has 35 heavy (non-hydrogen) atoms. The number of allylic oxidation sites excluding steroid dienone is 5. The van der Waals surface area contributed by atoms with Gasteiger partial charge in [-0.25, -0.2) is 4.98 Å². The summed E-state index contributed by atoms with van der Waals surface area (Å²) >= 11 is 1.67. The first-order valence-electron chi connectivity index (χ1n) is 12.5. The molecular formula is C30H42N4S. The number of imidazole rings is 1. The summed E-state index contributed by atoms with van der Waals surface area (Å²) < 4.78 is 0.